The van der Waals surface area contributed by atoms with Gasteiger partial charge in [-0.1, -0.05) is 6.42 Å². The third kappa shape index (κ3) is 1.94. The number of furan rings is 1. The van der Waals surface area contributed by atoms with Crippen molar-refractivity contribution < 1.29 is 4.42 Å². The van der Waals surface area contributed by atoms with Gasteiger partial charge in [0.1, 0.15) is 11.5 Å². The quantitative estimate of drug-likeness (QED) is 0.756. The standard InChI is InChI=1S/C11H17NO/c1-8-5-6-10(13-8)7-9-3-2-4-11(9)12/h5-6,9,11H,2-4,7,12H2,1H3/t9-,11-/m1/s1. The molecule has 2 nitrogen and oxygen atoms in total. The molecule has 1 heterocycles. The van der Waals surface area contributed by atoms with Crippen LogP contribution in [0.15, 0.2) is 16.5 Å². The second-order valence-electron chi connectivity index (χ2n) is 4.07. The van der Waals surface area contributed by atoms with Crippen molar-refractivity contribution in [3.05, 3.63) is 23.7 Å². The zero-order valence-corrected chi connectivity index (χ0v) is 8.12. The Morgan fingerprint density at radius 1 is 1.46 bits per heavy atom. The van der Waals surface area contributed by atoms with E-state index in [1.54, 1.807) is 0 Å². The maximum Gasteiger partial charge on any atom is 0.104 e. The Hall–Kier alpha value is -0.760. The molecule has 0 amide bonds. The smallest absolute Gasteiger partial charge is 0.104 e. The number of hydrogen-bond acceptors (Lipinski definition) is 2. The maximum absolute atomic E-state index is 5.99. The molecule has 13 heavy (non-hydrogen) atoms. The number of nitrogens with two attached hydrogens (primary N) is 1. The maximum atomic E-state index is 5.99. The first-order valence-electron chi connectivity index (χ1n) is 5.06. The Kier molecular flexibility index (Phi) is 2.40. The molecule has 1 fully saturated rings. The van der Waals surface area contributed by atoms with Crippen LogP contribution in [0.1, 0.15) is 30.8 Å². The first-order chi connectivity index (χ1) is 6.25. The monoisotopic (exact) mass is 179 g/mol. The molecule has 0 aromatic carbocycles. The first kappa shape index (κ1) is 8.82. The minimum absolute atomic E-state index is 0.394. The van der Waals surface area contributed by atoms with Gasteiger partial charge < -0.3 is 10.2 Å². The van der Waals surface area contributed by atoms with E-state index in [2.05, 4.69) is 6.07 Å². The van der Waals surface area contributed by atoms with E-state index in [4.69, 9.17) is 10.2 Å². The molecule has 1 aliphatic rings. The molecule has 0 radical (unpaired) electrons. The van der Waals surface area contributed by atoms with Gasteiger partial charge in [-0.25, -0.2) is 0 Å². The third-order valence-corrected chi connectivity index (χ3v) is 2.98. The summed E-state index contributed by atoms with van der Waals surface area (Å²) in [6, 6.07) is 4.49. The molecule has 2 heteroatoms. The highest BCUT2D eigenvalue weighted by Gasteiger charge is 2.24. The van der Waals surface area contributed by atoms with Crippen LogP contribution in [-0.4, -0.2) is 6.04 Å². The summed E-state index contributed by atoms with van der Waals surface area (Å²) in [6.45, 7) is 1.98. The van der Waals surface area contributed by atoms with Crippen molar-refractivity contribution >= 4 is 0 Å². The van der Waals surface area contributed by atoms with Crippen molar-refractivity contribution in [1.29, 1.82) is 0 Å². The van der Waals surface area contributed by atoms with Crippen LogP contribution < -0.4 is 5.73 Å². The van der Waals surface area contributed by atoms with E-state index in [1.807, 2.05) is 13.0 Å². The van der Waals surface area contributed by atoms with Crippen molar-refractivity contribution in [1.82, 2.24) is 0 Å². The van der Waals surface area contributed by atoms with Crippen LogP contribution in [0.4, 0.5) is 0 Å². The molecule has 0 saturated heterocycles. The van der Waals surface area contributed by atoms with Crippen LogP contribution in [0, 0.1) is 12.8 Å². The summed E-state index contributed by atoms with van der Waals surface area (Å²) in [6.07, 6.45) is 4.76. The first-order valence-corrected chi connectivity index (χ1v) is 5.06. The summed E-state index contributed by atoms with van der Waals surface area (Å²) >= 11 is 0. The molecular formula is C11H17NO. The Bertz CT molecular complexity index is 279. The second kappa shape index (κ2) is 3.54. The average Bonchev–Trinajstić information content (AvgIpc) is 2.64. The van der Waals surface area contributed by atoms with Crippen molar-refractivity contribution in [2.75, 3.05) is 0 Å². The normalized spacial score (nSPS) is 28.2. The molecule has 1 aliphatic carbocycles. The zero-order chi connectivity index (χ0) is 9.26. The molecule has 1 saturated carbocycles. The van der Waals surface area contributed by atoms with Gasteiger partial charge in [0.2, 0.25) is 0 Å². The molecule has 1 aromatic heterocycles. The van der Waals surface area contributed by atoms with E-state index < -0.39 is 0 Å². The van der Waals surface area contributed by atoms with E-state index >= 15 is 0 Å². The Morgan fingerprint density at radius 2 is 2.31 bits per heavy atom. The predicted molar refractivity (Wildman–Crippen MR) is 52.5 cm³/mol. The Balaban J connectivity index is 1.97. The molecule has 2 rings (SSSR count). The second-order valence-corrected chi connectivity index (χ2v) is 4.07. The lowest BCUT2D eigenvalue weighted by atomic mass is 9.99. The minimum atomic E-state index is 0.394. The van der Waals surface area contributed by atoms with Crippen LogP contribution in [-0.2, 0) is 6.42 Å². The van der Waals surface area contributed by atoms with Gasteiger partial charge in [-0.05, 0) is 37.8 Å². The zero-order valence-electron chi connectivity index (χ0n) is 8.12. The predicted octanol–water partition coefficient (Wildman–Crippen LogP) is 2.26. The van der Waals surface area contributed by atoms with Gasteiger partial charge in [-0.2, -0.15) is 0 Å². The van der Waals surface area contributed by atoms with Crippen molar-refractivity contribution in [3.63, 3.8) is 0 Å². The lowest BCUT2D eigenvalue weighted by molar-refractivity contribution is 0.406. The van der Waals surface area contributed by atoms with Gasteiger partial charge in [0.15, 0.2) is 0 Å². The van der Waals surface area contributed by atoms with Crippen molar-refractivity contribution in [3.8, 4) is 0 Å². The highest BCUT2D eigenvalue weighted by atomic mass is 16.3. The summed E-state index contributed by atoms with van der Waals surface area (Å²) in [5.74, 6) is 2.74. The SMILES string of the molecule is Cc1ccc(C[C@H]2CCC[C@H]2N)o1. The molecular weight excluding hydrogens is 162 g/mol. The molecule has 0 aliphatic heterocycles. The Labute approximate surface area is 79.1 Å². The number of rotatable bonds is 2. The van der Waals surface area contributed by atoms with Crippen LogP contribution in [0.25, 0.3) is 0 Å². The fourth-order valence-electron chi connectivity index (χ4n) is 2.17. The minimum Gasteiger partial charge on any atom is -0.466 e. The highest BCUT2D eigenvalue weighted by molar-refractivity contribution is 5.07. The van der Waals surface area contributed by atoms with Crippen LogP contribution in [0.2, 0.25) is 0 Å². The molecule has 0 spiro atoms. The van der Waals surface area contributed by atoms with Crippen LogP contribution >= 0.6 is 0 Å². The third-order valence-electron chi connectivity index (χ3n) is 2.98. The largest absolute Gasteiger partial charge is 0.466 e. The molecule has 0 bridgehead atoms. The molecule has 0 unspecified atom stereocenters. The van der Waals surface area contributed by atoms with E-state index in [-0.39, 0.29) is 0 Å². The van der Waals surface area contributed by atoms with Gasteiger partial charge in [-0.3, -0.25) is 0 Å². The number of aryl methyl sites for hydroxylation is 1. The number of hydrogen-bond donors (Lipinski definition) is 1. The van der Waals surface area contributed by atoms with E-state index in [0.29, 0.717) is 12.0 Å². The molecule has 2 N–H and O–H groups in total. The van der Waals surface area contributed by atoms with Crippen molar-refractivity contribution in [2.24, 2.45) is 11.7 Å². The summed E-state index contributed by atoms with van der Waals surface area (Å²) in [5.41, 5.74) is 5.99. The van der Waals surface area contributed by atoms with E-state index in [1.165, 1.54) is 19.3 Å². The van der Waals surface area contributed by atoms with Gasteiger partial charge in [-0.15, -0.1) is 0 Å². The molecule has 72 valence electrons. The van der Waals surface area contributed by atoms with Gasteiger partial charge in [0.25, 0.3) is 0 Å². The highest BCUT2D eigenvalue weighted by Crippen LogP contribution is 2.27. The summed E-state index contributed by atoms with van der Waals surface area (Å²) in [7, 11) is 0. The molecule has 1 aromatic rings. The lowest BCUT2D eigenvalue weighted by Gasteiger charge is -2.12. The van der Waals surface area contributed by atoms with Gasteiger partial charge in [0, 0.05) is 12.5 Å². The van der Waals surface area contributed by atoms with Crippen molar-refractivity contribution in [2.45, 2.75) is 38.6 Å². The van der Waals surface area contributed by atoms with Crippen LogP contribution in [0.5, 0.6) is 0 Å². The van der Waals surface area contributed by atoms with Crippen LogP contribution in [0.3, 0.4) is 0 Å². The van der Waals surface area contributed by atoms with Gasteiger partial charge >= 0.3 is 0 Å². The topological polar surface area (TPSA) is 39.2 Å². The van der Waals surface area contributed by atoms with E-state index in [0.717, 1.165) is 17.9 Å². The fraction of sp³-hybridized carbons (Fsp3) is 0.636. The lowest BCUT2D eigenvalue weighted by Crippen LogP contribution is -2.25. The fourth-order valence-corrected chi connectivity index (χ4v) is 2.17. The van der Waals surface area contributed by atoms with E-state index in [9.17, 15) is 0 Å². The summed E-state index contributed by atoms with van der Waals surface area (Å²) in [4.78, 5) is 0. The Morgan fingerprint density at radius 3 is 2.85 bits per heavy atom. The van der Waals surface area contributed by atoms with Gasteiger partial charge in [0.05, 0.1) is 0 Å². The summed E-state index contributed by atoms with van der Waals surface area (Å²) in [5, 5.41) is 0. The summed E-state index contributed by atoms with van der Waals surface area (Å²) < 4.78 is 5.54. The molecule has 2 atom stereocenters. The average molecular weight is 179 g/mol.